The summed E-state index contributed by atoms with van der Waals surface area (Å²) in [5.74, 6) is -0.139. The van der Waals surface area contributed by atoms with Crippen LogP contribution >= 0.6 is 23.8 Å². The quantitative estimate of drug-likeness (QED) is 0.139. The number of hydrogen-bond donors (Lipinski definition) is 3. The number of carbonyl (C=O) groups excluding carboxylic acids is 1. The van der Waals surface area contributed by atoms with Crippen molar-refractivity contribution < 1.29 is 4.79 Å². The molecule has 1 heterocycles. The number of nitrogens with one attached hydrogen (secondary N) is 3. The highest BCUT2D eigenvalue weighted by Crippen LogP contribution is 2.38. The molecular formula is C38H36ClN5OS. The first-order chi connectivity index (χ1) is 22.4. The van der Waals surface area contributed by atoms with E-state index in [-0.39, 0.29) is 11.9 Å². The number of likely N-dealkylation sites (tertiary alicyclic amines) is 1. The maximum atomic E-state index is 12.7. The summed E-state index contributed by atoms with van der Waals surface area (Å²) in [7, 11) is 0. The highest BCUT2D eigenvalue weighted by molar-refractivity contribution is 7.80. The molecule has 0 saturated carbocycles. The molecule has 5 aromatic rings. The third-order valence-electron chi connectivity index (χ3n) is 8.15. The molecule has 5 aromatic carbocycles. The van der Waals surface area contributed by atoms with E-state index >= 15 is 0 Å². The Morgan fingerprint density at radius 2 is 1.41 bits per heavy atom. The summed E-state index contributed by atoms with van der Waals surface area (Å²) in [6, 6.07) is 42.3. The molecule has 0 spiro atoms. The van der Waals surface area contributed by atoms with Crippen molar-refractivity contribution in [3.63, 3.8) is 0 Å². The lowest BCUT2D eigenvalue weighted by molar-refractivity contribution is 0.102. The number of aryl methyl sites for hydroxylation is 1. The first kappa shape index (κ1) is 31.3. The summed E-state index contributed by atoms with van der Waals surface area (Å²) in [6.45, 7) is 4.83. The molecule has 1 aliphatic heterocycles. The lowest BCUT2D eigenvalue weighted by atomic mass is 10.1. The molecule has 3 N–H and O–H groups in total. The van der Waals surface area contributed by atoms with E-state index in [9.17, 15) is 4.79 Å². The molecule has 1 fully saturated rings. The minimum atomic E-state index is -0.139. The second kappa shape index (κ2) is 14.6. The molecule has 46 heavy (non-hydrogen) atoms. The van der Waals surface area contributed by atoms with E-state index in [0.29, 0.717) is 21.4 Å². The lowest BCUT2D eigenvalue weighted by Gasteiger charge is -2.32. The molecule has 1 aliphatic rings. The van der Waals surface area contributed by atoms with Crippen LogP contribution in [0.2, 0.25) is 5.02 Å². The Morgan fingerprint density at radius 3 is 2.11 bits per heavy atom. The minimum Gasteiger partial charge on any atom is -0.336 e. The zero-order valence-corrected chi connectivity index (χ0v) is 27.2. The number of nitrogens with zero attached hydrogens (tertiary/aromatic N) is 2. The normalized spacial score (nSPS) is 14.4. The molecule has 1 unspecified atom stereocenters. The van der Waals surface area contributed by atoms with Gasteiger partial charge in [-0.3, -0.25) is 9.69 Å². The van der Waals surface area contributed by atoms with E-state index < -0.39 is 0 Å². The summed E-state index contributed by atoms with van der Waals surface area (Å²) in [5, 5.41) is 10.5. The third kappa shape index (κ3) is 7.74. The molecule has 1 atom stereocenters. The molecule has 0 aliphatic carbocycles. The number of thiocarbonyl (C=S) groups is 1. The smallest absolute Gasteiger partial charge is 0.255 e. The first-order valence-corrected chi connectivity index (χ1v) is 16.2. The van der Waals surface area contributed by atoms with Gasteiger partial charge in [-0.1, -0.05) is 78.3 Å². The van der Waals surface area contributed by atoms with Crippen molar-refractivity contribution in [1.82, 2.24) is 4.90 Å². The Bertz CT molecular complexity index is 1800. The van der Waals surface area contributed by atoms with Crippen LogP contribution in [-0.2, 0) is 6.54 Å². The van der Waals surface area contributed by atoms with Gasteiger partial charge in [0, 0.05) is 54.0 Å². The first-order valence-electron chi connectivity index (χ1n) is 15.4. The van der Waals surface area contributed by atoms with E-state index in [1.54, 1.807) is 0 Å². The molecule has 0 bridgehead atoms. The fourth-order valence-electron chi connectivity index (χ4n) is 5.88. The van der Waals surface area contributed by atoms with Crippen LogP contribution in [-0.4, -0.2) is 35.1 Å². The Morgan fingerprint density at radius 1 is 0.804 bits per heavy atom. The standard InChI is InChI=1S/C38H36ClN5OS/c1-27-10-8-9-15-34(27)37(45)40-29-16-18-30(19-17-29)41-38(46)42-31-20-21-36(35(39)24-31)44(32-13-6-3-7-14-32)33-22-23-43(26-33)25-28-11-4-2-5-12-28/h2-21,24,33H,22-23,25-26H2,1H3,(H,40,45)(H2,41,42,46). The number of amides is 1. The van der Waals surface area contributed by atoms with Crippen LogP contribution < -0.4 is 20.9 Å². The van der Waals surface area contributed by atoms with Crippen molar-refractivity contribution in [3.05, 3.63) is 149 Å². The van der Waals surface area contributed by atoms with E-state index in [1.807, 2.05) is 73.7 Å². The van der Waals surface area contributed by atoms with E-state index in [0.717, 1.165) is 54.4 Å². The van der Waals surface area contributed by atoms with Crippen LogP contribution in [0, 0.1) is 6.92 Å². The van der Waals surface area contributed by atoms with Gasteiger partial charge in [-0.05, 0) is 97.4 Å². The van der Waals surface area contributed by atoms with Gasteiger partial charge in [-0.25, -0.2) is 0 Å². The largest absolute Gasteiger partial charge is 0.336 e. The molecule has 0 radical (unpaired) electrons. The van der Waals surface area contributed by atoms with E-state index in [1.165, 1.54) is 5.56 Å². The molecule has 1 saturated heterocycles. The Hall–Kier alpha value is -4.69. The predicted molar refractivity (Wildman–Crippen MR) is 196 cm³/mol. The number of carbonyl (C=O) groups is 1. The average molecular weight is 646 g/mol. The van der Waals surface area contributed by atoms with Gasteiger partial charge in [0.25, 0.3) is 5.91 Å². The van der Waals surface area contributed by atoms with E-state index in [2.05, 4.69) is 86.4 Å². The van der Waals surface area contributed by atoms with Crippen molar-refractivity contribution >= 4 is 63.3 Å². The zero-order chi connectivity index (χ0) is 31.9. The number of para-hydroxylation sites is 1. The average Bonchev–Trinajstić information content (AvgIpc) is 3.52. The number of hydrogen-bond acceptors (Lipinski definition) is 4. The van der Waals surface area contributed by atoms with Gasteiger partial charge >= 0.3 is 0 Å². The van der Waals surface area contributed by atoms with Crippen molar-refractivity contribution in [3.8, 4) is 0 Å². The second-order valence-electron chi connectivity index (χ2n) is 11.5. The monoisotopic (exact) mass is 645 g/mol. The van der Waals surface area contributed by atoms with Crippen LogP contribution in [0.15, 0.2) is 127 Å². The van der Waals surface area contributed by atoms with E-state index in [4.69, 9.17) is 23.8 Å². The van der Waals surface area contributed by atoms with Crippen LogP contribution in [0.1, 0.15) is 27.9 Å². The maximum absolute atomic E-state index is 12.7. The highest BCUT2D eigenvalue weighted by atomic mass is 35.5. The SMILES string of the molecule is Cc1ccccc1C(=O)Nc1ccc(NC(=S)Nc2ccc(N(c3ccccc3)C3CCN(Cc4ccccc4)C3)c(Cl)c2)cc1. The predicted octanol–water partition coefficient (Wildman–Crippen LogP) is 9.12. The fraction of sp³-hybridized carbons (Fsp3) is 0.158. The summed E-state index contributed by atoms with van der Waals surface area (Å²) < 4.78 is 0. The van der Waals surface area contributed by atoms with Crippen molar-refractivity contribution in [1.29, 1.82) is 0 Å². The number of halogens is 1. The lowest BCUT2D eigenvalue weighted by Crippen LogP contribution is -2.34. The number of benzene rings is 5. The third-order valence-corrected chi connectivity index (χ3v) is 8.66. The van der Waals surface area contributed by atoms with Gasteiger partial charge in [0.1, 0.15) is 0 Å². The summed E-state index contributed by atoms with van der Waals surface area (Å²) in [5.41, 5.74) is 7.28. The van der Waals surface area contributed by atoms with Gasteiger partial charge in [-0.2, -0.15) is 0 Å². The molecule has 1 amide bonds. The Labute approximate surface area is 281 Å². The number of anilines is 5. The molecule has 8 heteroatoms. The zero-order valence-electron chi connectivity index (χ0n) is 25.6. The van der Waals surface area contributed by atoms with Gasteiger partial charge in [-0.15, -0.1) is 0 Å². The Balaban J connectivity index is 1.10. The van der Waals surface area contributed by atoms with Gasteiger partial charge in [0.2, 0.25) is 0 Å². The second-order valence-corrected chi connectivity index (χ2v) is 12.3. The van der Waals surface area contributed by atoms with Crippen LogP contribution in [0.3, 0.4) is 0 Å². The molecule has 232 valence electrons. The van der Waals surface area contributed by atoms with Crippen LogP contribution in [0.25, 0.3) is 0 Å². The molecular weight excluding hydrogens is 610 g/mol. The summed E-state index contributed by atoms with van der Waals surface area (Å²) >= 11 is 12.6. The van der Waals surface area contributed by atoms with Crippen molar-refractivity contribution in [2.24, 2.45) is 0 Å². The van der Waals surface area contributed by atoms with Crippen LogP contribution in [0.5, 0.6) is 0 Å². The minimum absolute atomic E-state index is 0.139. The Kier molecular flexibility index (Phi) is 9.94. The molecule has 0 aromatic heterocycles. The topological polar surface area (TPSA) is 59.6 Å². The van der Waals surface area contributed by atoms with Gasteiger partial charge in [0.15, 0.2) is 5.11 Å². The summed E-state index contributed by atoms with van der Waals surface area (Å²) in [6.07, 6.45) is 1.04. The maximum Gasteiger partial charge on any atom is 0.255 e. The van der Waals surface area contributed by atoms with Crippen molar-refractivity contribution in [2.45, 2.75) is 25.9 Å². The highest BCUT2D eigenvalue weighted by Gasteiger charge is 2.30. The van der Waals surface area contributed by atoms with Crippen molar-refractivity contribution in [2.75, 3.05) is 33.9 Å². The van der Waals surface area contributed by atoms with Gasteiger partial charge < -0.3 is 20.9 Å². The van der Waals surface area contributed by atoms with Crippen LogP contribution in [0.4, 0.5) is 28.4 Å². The molecule has 6 rings (SSSR count). The van der Waals surface area contributed by atoms with Gasteiger partial charge in [0.05, 0.1) is 10.7 Å². The summed E-state index contributed by atoms with van der Waals surface area (Å²) in [4.78, 5) is 17.5. The number of rotatable bonds is 9. The molecule has 6 nitrogen and oxygen atoms in total. The fourth-order valence-corrected chi connectivity index (χ4v) is 6.39.